The molecule has 20 heavy (non-hydrogen) atoms. The van der Waals surface area contributed by atoms with Crippen molar-refractivity contribution >= 4 is 28.2 Å². The maximum absolute atomic E-state index is 5.02. The number of hydrogen-bond donors (Lipinski definition) is 1. The highest BCUT2D eigenvalue weighted by Gasteiger charge is 2.26. The Kier molecular flexibility index (Phi) is 5.24. The average Bonchev–Trinajstić information content (AvgIpc) is 2.72. The fraction of sp³-hybridized carbons (Fsp3) is 0.800. The molecule has 1 aliphatic heterocycles. The molecule has 0 bridgehead atoms. The van der Waals surface area contributed by atoms with E-state index in [1.165, 1.54) is 72.4 Å². The lowest BCUT2D eigenvalue weighted by atomic mass is 9.97. The van der Waals surface area contributed by atoms with Gasteiger partial charge in [0.05, 0.1) is 11.7 Å². The molecule has 1 unspecified atom stereocenters. The molecule has 1 aliphatic carbocycles. The number of rotatable bonds is 4. The summed E-state index contributed by atoms with van der Waals surface area (Å²) in [5.41, 5.74) is 1.36. The third-order valence-corrected chi connectivity index (χ3v) is 6.32. The van der Waals surface area contributed by atoms with E-state index in [0.717, 1.165) is 6.54 Å². The van der Waals surface area contributed by atoms with Gasteiger partial charge in [-0.25, -0.2) is 4.98 Å². The first-order chi connectivity index (χ1) is 9.88. The lowest BCUT2D eigenvalue weighted by Crippen LogP contribution is -2.27. The smallest absolute Gasteiger partial charge is 0.185 e. The van der Waals surface area contributed by atoms with Crippen molar-refractivity contribution in [3.63, 3.8) is 0 Å². The van der Waals surface area contributed by atoms with Crippen LogP contribution in [-0.4, -0.2) is 36.1 Å². The molecule has 2 heterocycles. The molecule has 1 fully saturated rings. The van der Waals surface area contributed by atoms with E-state index in [1.807, 2.05) is 11.3 Å². The lowest BCUT2D eigenvalue weighted by molar-refractivity contribution is 0.454. The molecular weight excluding hydrogens is 286 g/mol. The van der Waals surface area contributed by atoms with Crippen LogP contribution in [0, 0.1) is 0 Å². The first-order valence-corrected chi connectivity index (χ1v) is 9.91. The van der Waals surface area contributed by atoms with Crippen molar-refractivity contribution in [2.75, 3.05) is 36.0 Å². The molecule has 1 atom stereocenters. The summed E-state index contributed by atoms with van der Waals surface area (Å²) in [5, 5.41) is 4.96. The van der Waals surface area contributed by atoms with Crippen LogP contribution in [0.4, 0.5) is 5.13 Å². The number of nitrogens with zero attached hydrogens (tertiary/aromatic N) is 2. The molecule has 2 aliphatic rings. The summed E-state index contributed by atoms with van der Waals surface area (Å²) < 4.78 is 0. The maximum atomic E-state index is 5.02. The number of hydrogen-bond acceptors (Lipinski definition) is 5. The number of nitrogens with one attached hydrogen (secondary N) is 1. The molecule has 1 N–H and O–H groups in total. The van der Waals surface area contributed by atoms with Gasteiger partial charge in [-0.05, 0) is 44.4 Å². The van der Waals surface area contributed by atoms with Crippen molar-refractivity contribution in [1.82, 2.24) is 10.3 Å². The molecule has 1 aromatic rings. The van der Waals surface area contributed by atoms with Gasteiger partial charge in [0.15, 0.2) is 5.13 Å². The SMILES string of the molecule is CCCNC1CCCc2sc(N3CCCSCC3)nc21. The van der Waals surface area contributed by atoms with Crippen molar-refractivity contribution in [3.05, 3.63) is 10.6 Å². The fourth-order valence-corrected chi connectivity index (χ4v) is 5.10. The Labute approximate surface area is 130 Å². The summed E-state index contributed by atoms with van der Waals surface area (Å²) in [6.45, 7) is 5.70. The van der Waals surface area contributed by atoms with E-state index >= 15 is 0 Å². The molecule has 0 spiro atoms. The van der Waals surface area contributed by atoms with Crippen LogP contribution in [0.5, 0.6) is 0 Å². The second-order valence-electron chi connectivity index (χ2n) is 5.66. The molecule has 3 nitrogen and oxygen atoms in total. The van der Waals surface area contributed by atoms with E-state index in [-0.39, 0.29) is 0 Å². The Balaban J connectivity index is 1.75. The Morgan fingerprint density at radius 3 is 3.15 bits per heavy atom. The van der Waals surface area contributed by atoms with Gasteiger partial charge in [0.2, 0.25) is 0 Å². The van der Waals surface area contributed by atoms with Crippen LogP contribution in [0.2, 0.25) is 0 Å². The molecule has 1 saturated heterocycles. The molecule has 1 aromatic heterocycles. The normalized spacial score (nSPS) is 23.4. The quantitative estimate of drug-likeness (QED) is 0.922. The number of thioether (sulfide) groups is 1. The molecular formula is C15H25N3S2. The number of aromatic nitrogens is 1. The van der Waals surface area contributed by atoms with Crippen LogP contribution < -0.4 is 10.2 Å². The standard InChI is InChI=1S/C15H25N3S2/c1-2-7-16-12-5-3-6-13-14(12)17-15(20-13)18-8-4-10-19-11-9-18/h12,16H,2-11H2,1H3. The van der Waals surface area contributed by atoms with E-state index < -0.39 is 0 Å². The topological polar surface area (TPSA) is 28.2 Å². The van der Waals surface area contributed by atoms with E-state index in [1.54, 1.807) is 0 Å². The molecule has 0 radical (unpaired) electrons. The van der Waals surface area contributed by atoms with Crippen molar-refractivity contribution in [2.24, 2.45) is 0 Å². The van der Waals surface area contributed by atoms with Crippen molar-refractivity contribution in [3.8, 4) is 0 Å². The van der Waals surface area contributed by atoms with Gasteiger partial charge < -0.3 is 10.2 Å². The summed E-state index contributed by atoms with van der Waals surface area (Å²) in [5.74, 6) is 2.56. The molecule has 0 saturated carbocycles. The second-order valence-corrected chi connectivity index (χ2v) is 7.94. The van der Waals surface area contributed by atoms with Crippen molar-refractivity contribution in [2.45, 2.75) is 45.1 Å². The van der Waals surface area contributed by atoms with Crippen molar-refractivity contribution < 1.29 is 0 Å². The van der Waals surface area contributed by atoms with Gasteiger partial charge in [-0.2, -0.15) is 11.8 Å². The third-order valence-electron chi connectivity index (χ3n) is 4.08. The number of aryl methyl sites for hydroxylation is 1. The van der Waals surface area contributed by atoms with Gasteiger partial charge >= 0.3 is 0 Å². The summed E-state index contributed by atoms with van der Waals surface area (Å²) >= 11 is 4.04. The van der Waals surface area contributed by atoms with E-state index in [4.69, 9.17) is 4.98 Å². The van der Waals surface area contributed by atoms with Crippen LogP contribution in [-0.2, 0) is 6.42 Å². The highest BCUT2D eigenvalue weighted by molar-refractivity contribution is 7.99. The molecule has 5 heteroatoms. The highest BCUT2D eigenvalue weighted by atomic mass is 32.2. The first kappa shape index (κ1) is 14.7. The summed E-state index contributed by atoms with van der Waals surface area (Å²) in [6.07, 6.45) is 6.30. The molecule has 0 aromatic carbocycles. The zero-order chi connectivity index (χ0) is 13.8. The van der Waals surface area contributed by atoms with Crippen LogP contribution in [0.15, 0.2) is 0 Å². The summed E-state index contributed by atoms with van der Waals surface area (Å²) in [4.78, 5) is 9.08. The van der Waals surface area contributed by atoms with Gasteiger partial charge in [0, 0.05) is 23.7 Å². The Bertz CT molecular complexity index is 425. The first-order valence-electron chi connectivity index (χ1n) is 7.94. The van der Waals surface area contributed by atoms with Gasteiger partial charge in [0.1, 0.15) is 0 Å². The van der Waals surface area contributed by atoms with Gasteiger partial charge in [-0.15, -0.1) is 11.3 Å². The number of fused-ring (bicyclic) bond motifs is 1. The zero-order valence-electron chi connectivity index (χ0n) is 12.4. The van der Waals surface area contributed by atoms with Gasteiger partial charge in [0.25, 0.3) is 0 Å². The largest absolute Gasteiger partial charge is 0.347 e. The number of thiazole rings is 1. The predicted octanol–water partition coefficient (Wildman–Crippen LogP) is 3.46. The minimum atomic E-state index is 0.505. The number of anilines is 1. The van der Waals surface area contributed by atoms with Crippen LogP contribution in [0.1, 0.15) is 49.2 Å². The Morgan fingerprint density at radius 1 is 1.30 bits per heavy atom. The van der Waals surface area contributed by atoms with Crippen LogP contribution >= 0.6 is 23.1 Å². The van der Waals surface area contributed by atoms with Crippen LogP contribution in [0.25, 0.3) is 0 Å². The minimum absolute atomic E-state index is 0.505. The van der Waals surface area contributed by atoms with E-state index in [9.17, 15) is 0 Å². The fourth-order valence-electron chi connectivity index (χ4n) is 3.00. The van der Waals surface area contributed by atoms with Gasteiger partial charge in [-0.3, -0.25) is 0 Å². The molecule has 112 valence electrons. The second kappa shape index (κ2) is 7.14. The Hall–Kier alpha value is -0.260. The summed E-state index contributed by atoms with van der Waals surface area (Å²) in [7, 11) is 0. The highest BCUT2D eigenvalue weighted by Crippen LogP contribution is 2.37. The van der Waals surface area contributed by atoms with Crippen LogP contribution in [0.3, 0.4) is 0 Å². The summed E-state index contributed by atoms with van der Waals surface area (Å²) in [6, 6.07) is 0.505. The van der Waals surface area contributed by atoms with Gasteiger partial charge in [-0.1, -0.05) is 6.92 Å². The lowest BCUT2D eigenvalue weighted by Gasteiger charge is -2.22. The van der Waals surface area contributed by atoms with E-state index in [2.05, 4.69) is 28.9 Å². The third kappa shape index (κ3) is 3.31. The predicted molar refractivity (Wildman–Crippen MR) is 90.2 cm³/mol. The molecule has 3 rings (SSSR count). The monoisotopic (exact) mass is 311 g/mol. The maximum Gasteiger partial charge on any atom is 0.185 e. The Morgan fingerprint density at radius 2 is 2.25 bits per heavy atom. The molecule has 0 amide bonds. The zero-order valence-corrected chi connectivity index (χ0v) is 14.0. The van der Waals surface area contributed by atoms with E-state index in [0.29, 0.717) is 6.04 Å². The average molecular weight is 312 g/mol. The van der Waals surface area contributed by atoms with Crippen molar-refractivity contribution in [1.29, 1.82) is 0 Å². The minimum Gasteiger partial charge on any atom is -0.347 e.